The summed E-state index contributed by atoms with van der Waals surface area (Å²) in [6, 6.07) is 1.88. The first-order valence-electron chi connectivity index (χ1n) is 5.81. The zero-order valence-corrected chi connectivity index (χ0v) is 9.54. The van der Waals surface area contributed by atoms with Crippen molar-refractivity contribution < 1.29 is 14.6 Å². The van der Waals surface area contributed by atoms with Gasteiger partial charge in [-0.2, -0.15) is 5.10 Å². The molecule has 17 heavy (non-hydrogen) atoms. The van der Waals surface area contributed by atoms with Crippen molar-refractivity contribution >= 4 is 5.97 Å². The Morgan fingerprint density at radius 1 is 1.71 bits per heavy atom. The van der Waals surface area contributed by atoms with Crippen molar-refractivity contribution in [3.63, 3.8) is 0 Å². The number of carboxylic acid groups (broad SMARTS) is 1. The smallest absolute Gasteiger partial charge is 0.307 e. The van der Waals surface area contributed by atoms with E-state index in [1.54, 1.807) is 4.68 Å². The van der Waals surface area contributed by atoms with Crippen LogP contribution in [-0.4, -0.2) is 34.0 Å². The second-order valence-electron chi connectivity index (χ2n) is 4.65. The molecule has 1 aromatic rings. The van der Waals surface area contributed by atoms with Gasteiger partial charge < -0.3 is 9.84 Å². The fourth-order valence-electron chi connectivity index (χ4n) is 2.54. The van der Waals surface area contributed by atoms with Crippen molar-refractivity contribution in [2.75, 3.05) is 13.2 Å². The summed E-state index contributed by atoms with van der Waals surface area (Å²) < 4.78 is 7.14. The van der Waals surface area contributed by atoms with Crippen molar-refractivity contribution in [3.05, 3.63) is 18.0 Å². The van der Waals surface area contributed by atoms with Gasteiger partial charge >= 0.3 is 5.97 Å². The molecule has 92 valence electrons. The maximum absolute atomic E-state index is 10.9. The van der Waals surface area contributed by atoms with E-state index in [-0.39, 0.29) is 24.1 Å². The van der Waals surface area contributed by atoms with Crippen LogP contribution < -0.4 is 5.32 Å². The summed E-state index contributed by atoms with van der Waals surface area (Å²) in [7, 11) is 0. The molecular weight excluding hydrogens is 222 g/mol. The largest absolute Gasteiger partial charge is 0.481 e. The number of aliphatic carboxylic acids is 1. The Balaban J connectivity index is 1.75. The molecule has 4 unspecified atom stereocenters. The van der Waals surface area contributed by atoms with Crippen LogP contribution in [0.5, 0.6) is 0 Å². The lowest BCUT2D eigenvalue weighted by atomic mass is 10.2. The summed E-state index contributed by atoms with van der Waals surface area (Å²) in [4.78, 5) is 10.9. The van der Waals surface area contributed by atoms with E-state index >= 15 is 0 Å². The van der Waals surface area contributed by atoms with Crippen LogP contribution in [0.3, 0.4) is 0 Å². The van der Waals surface area contributed by atoms with Crippen molar-refractivity contribution in [2.24, 2.45) is 11.8 Å². The molecule has 1 saturated heterocycles. The van der Waals surface area contributed by atoms with Crippen LogP contribution in [0.4, 0.5) is 0 Å². The molecule has 0 amide bonds. The molecule has 1 aromatic heterocycles. The molecule has 6 heteroatoms. The summed E-state index contributed by atoms with van der Waals surface area (Å²) in [5.74, 6) is -0.786. The number of hydrogen-bond donors (Lipinski definition) is 2. The van der Waals surface area contributed by atoms with Gasteiger partial charge in [-0.25, -0.2) is 4.68 Å². The minimum absolute atomic E-state index is 0.0511. The van der Waals surface area contributed by atoms with Crippen LogP contribution in [-0.2, 0) is 9.53 Å². The quantitative estimate of drug-likeness (QED) is 0.795. The van der Waals surface area contributed by atoms with Crippen molar-refractivity contribution in [3.8, 4) is 0 Å². The predicted molar refractivity (Wildman–Crippen MR) is 58.2 cm³/mol. The van der Waals surface area contributed by atoms with Crippen LogP contribution in [0.25, 0.3) is 0 Å². The number of carbonyl (C=O) groups is 1. The highest BCUT2D eigenvalue weighted by Crippen LogP contribution is 2.53. The third-order valence-corrected chi connectivity index (χ3v) is 3.57. The fraction of sp³-hybridized carbons (Fsp3) is 0.636. The SMILES string of the molecule is CC1C(C(=O)O)C1c1ccn(C2NCCO2)n1. The Bertz CT molecular complexity index is 439. The first kappa shape index (κ1) is 10.7. The minimum Gasteiger partial charge on any atom is -0.481 e. The fourth-order valence-corrected chi connectivity index (χ4v) is 2.54. The maximum atomic E-state index is 10.9. The molecule has 3 rings (SSSR count). The monoisotopic (exact) mass is 237 g/mol. The van der Waals surface area contributed by atoms with Gasteiger partial charge in [0.05, 0.1) is 18.2 Å². The van der Waals surface area contributed by atoms with Gasteiger partial charge in [-0.05, 0) is 12.0 Å². The maximum Gasteiger partial charge on any atom is 0.307 e. The Hall–Kier alpha value is -1.40. The van der Waals surface area contributed by atoms with E-state index in [9.17, 15) is 4.79 Å². The number of nitrogens with one attached hydrogen (secondary N) is 1. The van der Waals surface area contributed by atoms with Gasteiger partial charge in [-0.1, -0.05) is 6.92 Å². The number of carboxylic acids is 1. The summed E-state index contributed by atoms with van der Waals surface area (Å²) >= 11 is 0. The molecule has 2 aliphatic rings. The normalized spacial score (nSPS) is 36.1. The highest BCUT2D eigenvalue weighted by molar-refractivity contribution is 5.75. The Kier molecular flexibility index (Phi) is 2.41. The minimum atomic E-state index is -0.729. The molecule has 6 nitrogen and oxygen atoms in total. The summed E-state index contributed by atoms with van der Waals surface area (Å²) in [5, 5.41) is 16.6. The molecule has 1 aliphatic carbocycles. The molecule has 0 spiro atoms. The number of rotatable bonds is 3. The summed E-state index contributed by atoms with van der Waals surface area (Å²) in [6.07, 6.45) is 1.63. The highest BCUT2D eigenvalue weighted by Gasteiger charge is 2.54. The molecule has 2 heterocycles. The Morgan fingerprint density at radius 3 is 3.12 bits per heavy atom. The standard InChI is InChI=1S/C11H15N3O3/c1-6-8(9(6)10(15)16)7-2-4-14(13-7)11-12-3-5-17-11/h2,4,6,8-9,11-12H,3,5H2,1H3,(H,15,16). The van der Waals surface area contributed by atoms with E-state index in [2.05, 4.69) is 10.4 Å². The predicted octanol–water partition coefficient (Wildman–Crippen LogP) is 0.393. The van der Waals surface area contributed by atoms with Gasteiger partial charge in [-0.3, -0.25) is 10.1 Å². The zero-order chi connectivity index (χ0) is 12.0. The van der Waals surface area contributed by atoms with E-state index in [4.69, 9.17) is 9.84 Å². The second kappa shape index (κ2) is 3.82. The third-order valence-electron chi connectivity index (χ3n) is 3.57. The van der Waals surface area contributed by atoms with Crippen molar-refractivity contribution in [1.29, 1.82) is 0 Å². The van der Waals surface area contributed by atoms with E-state index in [0.717, 1.165) is 12.2 Å². The molecule has 2 N–H and O–H groups in total. The first-order valence-corrected chi connectivity index (χ1v) is 5.81. The highest BCUT2D eigenvalue weighted by atomic mass is 16.5. The van der Waals surface area contributed by atoms with Gasteiger partial charge in [0, 0.05) is 18.7 Å². The van der Waals surface area contributed by atoms with Crippen molar-refractivity contribution in [1.82, 2.24) is 15.1 Å². The lowest BCUT2D eigenvalue weighted by Crippen LogP contribution is -2.21. The number of aromatic nitrogens is 2. The van der Waals surface area contributed by atoms with Gasteiger partial charge in [-0.15, -0.1) is 0 Å². The topological polar surface area (TPSA) is 76.4 Å². The Labute approximate surface area is 98.6 Å². The van der Waals surface area contributed by atoms with Gasteiger partial charge in [0.1, 0.15) is 0 Å². The van der Waals surface area contributed by atoms with Gasteiger partial charge in [0.15, 0.2) is 0 Å². The van der Waals surface area contributed by atoms with Crippen LogP contribution in [0.2, 0.25) is 0 Å². The van der Waals surface area contributed by atoms with Crippen LogP contribution in [0.1, 0.15) is 24.9 Å². The molecule has 1 aliphatic heterocycles. The number of hydrogen-bond acceptors (Lipinski definition) is 4. The third kappa shape index (κ3) is 1.73. The average molecular weight is 237 g/mol. The molecule has 4 atom stereocenters. The summed E-state index contributed by atoms with van der Waals surface area (Å²) in [6.45, 7) is 3.45. The van der Waals surface area contributed by atoms with E-state index in [1.807, 2.05) is 19.2 Å². The zero-order valence-electron chi connectivity index (χ0n) is 9.54. The van der Waals surface area contributed by atoms with E-state index in [1.165, 1.54) is 0 Å². The average Bonchev–Trinajstić information content (AvgIpc) is 2.80. The van der Waals surface area contributed by atoms with Gasteiger partial charge in [0.2, 0.25) is 6.35 Å². The van der Waals surface area contributed by atoms with Crippen LogP contribution >= 0.6 is 0 Å². The molecule has 0 aromatic carbocycles. The van der Waals surface area contributed by atoms with E-state index in [0.29, 0.717) is 6.61 Å². The number of ether oxygens (including phenoxy) is 1. The lowest BCUT2D eigenvalue weighted by Gasteiger charge is -2.09. The Morgan fingerprint density at radius 2 is 2.53 bits per heavy atom. The lowest BCUT2D eigenvalue weighted by molar-refractivity contribution is -0.138. The molecule has 0 radical (unpaired) electrons. The molecule has 0 bridgehead atoms. The summed E-state index contributed by atoms with van der Waals surface area (Å²) in [5.41, 5.74) is 0.849. The van der Waals surface area contributed by atoms with Gasteiger partial charge in [0.25, 0.3) is 0 Å². The van der Waals surface area contributed by atoms with Crippen LogP contribution in [0.15, 0.2) is 12.3 Å². The molecule has 1 saturated carbocycles. The second-order valence-corrected chi connectivity index (χ2v) is 4.65. The number of nitrogens with zero attached hydrogens (tertiary/aromatic N) is 2. The van der Waals surface area contributed by atoms with Crippen LogP contribution in [0, 0.1) is 11.8 Å². The first-order chi connectivity index (χ1) is 8.18. The van der Waals surface area contributed by atoms with Crippen molar-refractivity contribution in [2.45, 2.75) is 19.2 Å². The molecule has 2 fully saturated rings. The molecular formula is C11H15N3O3. The van der Waals surface area contributed by atoms with E-state index < -0.39 is 5.97 Å².